The molecule has 0 fully saturated rings. The Balaban J connectivity index is 1.90. The molecule has 1 N–H and O–H groups in total. The Kier molecular flexibility index (Phi) is 6.58. The van der Waals surface area contributed by atoms with Crippen LogP contribution in [-0.4, -0.2) is 40.5 Å². The van der Waals surface area contributed by atoms with Crippen LogP contribution in [0.3, 0.4) is 0 Å². The first kappa shape index (κ1) is 19.0. The summed E-state index contributed by atoms with van der Waals surface area (Å²) < 4.78 is 7.10. The van der Waals surface area contributed by atoms with Gasteiger partial charge in [-0.25, -0.2) is 0 Å². The lowest BCUT2D eigenvalue weighted by Crippen LogP contribution is -2.42. The maximum absolute atomic E-state index is 12.2. The minimum Gasteiger partial charge on any atom is -0.454 e. The number of pyridine rings is 1. The highest BCUT2D eigenvalue weighted by molar-refractivity contribution is 5.91. The molecule has 0 aliphatic heterocycles. The molecule has 2 heterocycles. The highest BCUT2D eigenvalue weighted by Gasteiger charge is 2.15. The molecule has 0 radical (unpaired) electrons. The van der Waals surface area contributed by atoms with E-state index in [2.05, 4.69) is 37.9 Å². The van der Waals surface area contributed by atoms with Crippen molar-refractivity contribution in [2.45, 2.75) is 46.3 Å². The number of aromatic nitrogens is 1. The quantitative estimate of drug-likeness (QED) is 0.797. The minimum absolute atomic E-state index is 0.104. The van der Waals surface area contributed by atoms with Crippen LogP contribution in [0.15, 0.2) is 45.7 Å². The molecule has 2 aromatic heterocycles. The topological polar surface area (TPSA) is 67.5 Å². The van der Waals surface area contributed by atoms with Crippen LogP contribution in [-0.2, 0) is 6.54 Å². The smallest absolute Gasteiger partial charge is 0.287 e. The van der Waals surface area contributed by atoms with Crippen LogP contribution in [0.1, 0.15) is 44.0 Å². The molecule has 0 saturated carbocycles. The lowest BCUT2D eigenvalue weighted by Gasteiger charge is -2.30. The van der Waals surface area contributed by atoms with Gasteiger partial charge in [-0.2, -0.15) is 0 Å². The Labute approximate surface area is 148 Å². The van der Waals surface area contributed by atoms with Crippen molar-refractivity contribution >= 4 is 5.91 Å². The van der Waals surface area contributed by atoms with Gasteiger partial charge in [-0.15, -0.1) is 0 Å². The molecule has 0 aromatic carbocycles. The number of carbonyl (C=O) groups is 1. The first-order valence-corrected chi connectivity index (χ1v) is 8.66. The van der Waals surface area contributed by atoms with Crippen molar-refractivity contribution in [2.75, 3.05) is 13.1 Å². The number of hydrogen-bond acceptors (Lipinski definition) is 4. The highest BCUT2D eigenvalue weighted by atomic mass is 16.4. The molecule has 0 saturated heterocycles. The molecular weight excluding hydrogens is 318 g/mol. The molecule has 136 valence electrons. The first-order valence-electron chi connectivity index (χ1n) is 8.66. The summed E-state index contributed by atoms with van der Waals surface area (Å²) in [7, 11) is 0. The van der Waals surface area contributed by atoms with Crippen molar-refractivity contribution < 1.29 is 9.21 Å². The average molecular weight is 345 g/mol. The van der Waals surface area contributed by atoms with Gasteiger partial charge in [0.1, 0.15) is 5.76 Å². The van der Waals surface area contributed by atoms with Gasteiger partial charge in [-0.05, 0) is 45.9 Å². The summed E-state index contributed by atoms with van der Waals surface area (Å²) in [4.78, 5) is 26.2. The number of hydrogen-bond donors (Lipinski definition) is 1. The molecular formula is C19H27N3O3. The van der Waals surface area contributed by atoms with Crippen molar-refractivity contribution in [3.63, 3.8) is 0 Å². The number of nitrogens with zero attached hydrogens (tertiary/aromatic N) is 2. The second kappa shape index (κ2) is 8.67. The maximum Gasteiger partial charge on any atom is 0.287 e. The van der Waals surface area contributed by atoms with Crippen LogP contribution in [0, 0.1) is 0 Å². The minimum atomic E-state index is -0.237. The molecule has 0 aliphatic carbocycles. The normalized spacial score (nSPS) is 11.5. The van der Waals surface area contributed by atoms with Gasteiger partial charge < -0.3 is 14.3 Å². The van der Waals surface area contributed by atoms with E-state index in [9.17, 15) is 9.59 Å². The Morgan fingerprint density at radius 2 is 1.88 bits per heavy atom. The van der Waals surface area contributed by atoms with E-state index < -0.39 is 0 Å². The van der Waals surface area contributed by atoms with Crippen molar-refractivity contribution in [3.8, 4) is 0 Å². The maximum atomic E-state index is 12.2. The van der Waals surface area contributed by atoms with E-state index in [1.165, 1.54) is 10.6 Å². The molecule has 2 aromatic rings. The summed E-state index contributed by atoms with van der Waals surface area (Å²) >= 11 is 0. The van der Waals surface area contributed by atoms with Gasteiger partial charge in [0.2, 0.25) is 0 Å². The van der Waals surface area contributed by atoms with E-state index in [1.54, 1.807) is 30.5 Å². The third kappa shape index (κ3) is 5.32. The number of carbonyl (C=O) groups excluding carboxylic acids is 1. The standard InChI is InChI=1S/C19H27N3O3/c1-14(2)22(15(3)4)12-10-20-19(24)17-9-8-16(25-17)13-21-11-6-5-7-18(21)23/h5-9,11,14-15H,10,12-13H2,1-4H3,(H,20,24). The monoisotopic (exact) mass is 345 g/mol. The summed E-state index contributed by atoms with van der Waals surface area (Å²) in [5.74, 6) is 0.600. The van der Waals surface area contributed by atoms with Crippen LogP contribution in [0.2, 0.25) is 0 Å². The second-order valence-corrected chi connectivity index (χ2v) is 6.61. The van der Waals surface area contributed by atoms with Gasteiger partial charge in [-0.1, -0.05) is 6.07 Å². The van der Waals surface area contributed by atoms with E-state index >= 15 is 0 Å². The van der Waals surface area contributed by atoms with Gasteiger partial charge >= 0.3 is 0 Å². The van der Waals surface area contributed by atoms with Crippen molar-refractivity contribution in [2.24, 2.45) is 0 Å². The molecule has 0 bridgehead atoms. The Morgan fingerprint density at radius 1 is 1.16 bits per heavy atom. The predicted octanol–water partition coefficient (Wildman–Crippen LogP) is 2.34. The number of rotatable bonds is 8. The molecule has 0 aliphatic rings. The van der Waals surface area contributed by atoms with Gasteiger partial charge in [0.25, 0.3) is 11.5 Å². The molecule has 0 spiro atoms. The van der Waals surface area contributed by atoms with Crippen LogP contribution in [0.4, 0.5) is 0 Å². The zero-order valence-corrected chi connectivity index (χ0v) is 15.4. The fourth-order valence-electron chi connectivity index (χ4n) is 2.84. The van der Waals surface area contributed by atoms with Gasteiger partial charge in [0, 0.05) is 37.4 Å². The van der Waals surface area contributed by atoms with Crippen LogP contribution in [0.5, 0.6) is 0 Å². The van der Waals surface area contributed by atoms with Gasteiger partial charge in [-0.3, -0.25) is 14.5 Å². The average Bonchev–Trinajstić information content (AvgIpc) is 3.01. The second-order valence-electron chi connectivity index (χ2n) is 6.61. The fraction of sp³-hybridized carbons (Fsp3) is 0.474. The van der Waals surface area contributed by atoms with E-state index in [4.69, 9.17) is 4.42 Å². The van der Waals surface area contributed by atoms with Gasteiger partial charge in [0.05, 0.1) is 6.54 Å². The predicted molar refractivity (Wildman–Crippen MR) is 97.8 cm³/mol. The molecule has 0 unspecified atom stereocenters. The Bertz CT molecular complexity index is 738. The van der Waals surface area contributed by atoms with Crippen molar-refractivity contribution in [1.29, 1.82) is 0 Å². The zero-order chi connectivity index (χ0) is 18.4. The van der Waals surface area contributed by atoms with E-state index in [0.29, 0.717) is 30.9 Å². The molecule has 2 rings (SSSR count). The summed E-state index contributed by atoms with van der Waals surface area (Å²) in [5, 5.41) is 2.88. The SMILES string of the molecule is CC(C)N(CCNC(=O)c1ccc(Cn2ccccc2=O)o1)C(C)C. The summed E-state index contributed by atoms with van der Waals surface area (Å²) in [6.07, 6.45) is 1.69. The molecule has 0 atom stereocenters. The number of amides is 1. The molecule has 1 amide bonds. The largest absolute Gasteiger partial charge is 0.454 e. The highest BCUT2D eigenvalue weighted by Crippen LogP contribution is 2.09. The van der Waals surface area contributed by atoms with E-state index in [0.717, 1.165) is 6.54 Å². The van der Waals surface area contributed by atoms with Crippen LogP contribution < -0.4 is 10.9 Å². The third-order valence-electron chi connectivity index (χ3n) is 4.09. The summed E-state index contributed by atoms with van der Waals surface area (Å²) in [6, 6.07) is 9.19. The van der Waals surface area contributed by atoms with Crippen molar-refractivity contribution in [3.05, 3.63) is 58.4 Å². The van der Waals surface area contributed by atoms with Gasteiger partial charge in [0.15, 0.2) is 5.76 Å². The van der Waals surface area contributed by atoms with Crippen LogP contribution in [0.25, 0.3) is 0 Å². The third-order valence-corrected chi connectivity index (χ3v) is 4.09. The summed E-state index contributed by atoms with van der Waals surface area (Å²) in [6.45, 7) is 10.2. The molecule has 6 nitrogen and oxygen atoms in total. The number of nitrogens with one attached hydrogen (secondary N) is 1. The van der Waals surface area contributed by atoms with Crippen LogP contribution >= 0.6 is 0 Å². The Hall–Kier alpha value is -2.34. The zero-order valence-electron chi connectivity index (χ0n) is 15.4. The summed E-state index contributed by atoms with van der Waals surface area (Å²) in [5.41, 5.74) is -0.104. The van der Waals surface area contributed by atoms with Crippen molar-refractivity contribution in [1.82, 2.24) is 14.8 Å². The Morgan fingerprint density at radius 3 is 2.52 bits per heavy atom. The van der Waals surface area contributed by atoms with E-state index in [-0.39, 0.29) is 17.2 Å². The fourth-order valence-corrected chi connectivity index (χ4v) is 2.84. The molecule has 6 heteroatoms. The first-order chi connectivity index (χ1) is 11.9. The van der Waals surface area contributed by atoms with E-state index in [1.807, 2.05) is 0 Å². The molecule has 25 heavy (non-hydrogen) atoms. The lowest BCUT2D eigenvalue weighted by atomic mass is 10.2. The lowest BCUT2D eigenvalue weighted by molar-refractivity contribution is 0.0910. The number of furan rings is 1.